The second-order valence-corrected chi connectivity index (χ2v) is 6.78. The van der Waals surface area contributed by atoms with Gasteiger partial charge in [0.2, 0.25) is 5.91 Å². The molecule has 26 heavy (non-hydrogen) atoms. The van der Waals surface area contributed by atoms with Crippen LogP contribution < -0.4 is 10.2 Å². The average Bonchev–Trinajstić information content (AvgIpc) is 2.63. The van der Waals surface area contributed by atoms with E-state index in [1.807, 2.05) is 13.0 Å². The van der Waals surface area contributed by atoms with E-state index in [2.05, 4.69) is 34.2 Å². The lowest BCUT2D eigenvalue weighted by Crippen LogP contribution is -2.46. The molecule has 0 bridgehead atoms. The summed E-state index contributed by atoms with van der Waals surface area (Å²) in [6.45, 7) is 9.52. The number of carbonyl (C=O) groups excluding carboxylic acids is 1. The number of nitrogens with one attached hydrogen (secondary N) is 1. The van der Waals surface area contributed by atoms with E-state index >= 15 is 0 Å². The fourth-order valence-electron chi connectivity index (χ4n) is 3.33. The number of hydrogen-bond acceptors (Lipinski definition) is 3. The van der Waals surface area contributed by atoms with Crippen LogP contribution in [0.25, 0.3) is 0 Å². The second-order valence-electron chi connectivity index (χ2n) is 6.78. The van der Waals surface area contributed by atoms with Gasteiger partial charge in [0.05, 0.1) is 6.42 Å². The van der Waals surface area contributed by atoms with E-state index in [9.17, 15) is 9.18 Å². The molecule has 0 radical (unpaired) electrons. The summed E-state index contributed by atoms with van der Waals surface area (Å²) >= 11 is 0. The highest BCUT2D eigenvalue weighted by Gasteiger charge is 2.16. The molecule has 1 aliphatic rings. The third kappa shape index (κ3) is 4.61. The van der Waals surface area contributed by atoms with Crippen LogP contribution in [0.4, 0.5) is 15.8 Å². The van der Waals surface area contributed by atoms with Crippen molar-refractivity contribution in [3.8, 4) is 0 Å². The summed E-state index contributed by atoms with van der Waals surface area (Å²) in [6, 6.07) is 12.3. The van der Waals surface area contributed by atoms with Crippen molar-refractivity contribution in [1.29, 1.82) is 0 Å². The van der Waals surface area contributed by atoms with Crippen LogP contribution >= 0.6 is 0 Å². The van der Waals surface area contributed by atoms with Crippen LogP contribution in [-0.2, 0) is 11.2 Å². The largest absolute Gasteiger partial charge is 0.369 e. The number of benzene rings is 2. The van der Waals surface area contributed by atoms with Crippen molar-refractivity contribution in [2.75, 3.05) is 42.9 Å². The molecule has 1 heterocycles. The number of hydrogen-bond donors (Lipinski definition) is 1. The van der Waals surface area contributed by atoms with Crippen LogP contribution in [0.3, 0.4) is 0 Å². The van der Waals surface area contributed by atoms with Gasteiger partial charge in [0.15, 0.2) is 0 Å². The molecule has 0 aromatic heterocycles. The number of piperazine rings is 1. The highest BCUT2D eigenvalue weighted by atomic mass is 19.1. The van der Waals surface area contributed by atoms with Crippen molar-refractivity contribution in [1.82, 2.24) is 4.90 Å². The first-order valence-electron chi connectivity index (χ1n) is 9.17. The summed E-state index contributed by atoms with van der Waals surface area (Å²) in [4.78, 5) is 17.1. The first kappa shape index (κ1) is 18.4. The number of likely N-dealkylation sites (N-methyl/N-ethyl adjacent to an activating group) is 1. The van der Waals surface area contributed by atoms with Gasteiger partial charge in [-0.2, -0.15) is 0 Å². The first-order chi connectivity index (χ1) is 12.5. The maximum Gasteiger partial charge on any atom is 0.228 e. The molecule has 138 valence electrons. The molecule has 0 atom stereocenters. The zero-order chi connectivity index (χ0) is 18.5. The Morgan fingerprint density at radius 2 is 1.88 bits per heavy atom. The Balaban J connectivity index is 1.61. The Bertz CT molecular complexity index is 770. The van der Waals surface area contributed by atoms with E-state index < -0.39 is 0 Å². The molecular weight excluding hydrogens is 329 g/mol. The van der Waals surface area contributed by atoms with Gasteiger partial charge in [-0.25, -0.2) is 4.39 Å². The lowest BCUT2D eigenvalue weighted by atomic mass is 10.1. The van der Waals surface area contributed by atoms with Crippen molar-refractivity contribution >= 4 is 17.3 Å². The summed E-state index contributed by atoms with van der Waals surface area (Å²) in [6.07, 6.45) is 0.165. The molecule has 0 unspecified atom stereocenters. The van der Waals surface area contributed by atoms with Gasteiger partial charge in [-0.05, 0) is 54.9 Å². The van der Waals surface area contributed by atoms with E-state index in [-0.39, 0.29) is 18.1 Å². The fraction of sp³-hybridized carbons (Fsp3) is 0.381. The topological polar surface area (TPSA) is 35.6 Å². The van der Waals surface area contributed by atoms with Crippen LogP contribution in [0, 0.1) is 12.7 Å². The van der Waals surface area contributed by atoms with Gasteiger partial charge in [0.1, 0.15) is 5.82 Å². The van der Waals surface area contributed by atoms with Crippen LogP contribution in [0.15, 0.2) is 42.5 Å². The molecule has 3 rings (SSSR count). The Kier molecular flexibility index (Phi) is 5.89. The summed E-state index contributed by atoms with van der Waals surface area (Å²) in [5.74, 6) is -0.456. The number of carbonyl (C=O) groups is 1. The molecule has 1 amide bonds. The molecule has 1 aliphatic heterocycles. The van der Waals surface area contributed by atoms with Gasteiger partial charge in [0.25, 0.3) is 0 Å². The van der Waals surface area contributed by atoms with Crippen LogP contribution in [-0.4, -0.2) is 43.5 Å². The molecule has 5 heteroatoms. The summed E-state index contributed by atoms with van der Waals surface area (Å²) in [5.41, 5.74) is 3.71. The normalized spacial score (nSPS) is 15.1. The smallest absolute Gasteiger partial charge is 0.228 e. The van der Waals surface area contributed by atoms with Crippen molar-refractivity contribution in [2.45, 2.75) is 20.3 Å². The minimum Gasteiger partial charge on any atom is -0.369 e. The highest BCUT2D eigenvalue weighted by Crippen LogP contribution is 2.24. The maximum atomic E-state index is 13.2. The molecule has 2 aromatic rings. The first-order valence-corrected chi connectivity index (χ1v) is 9.17. The van der Waals surface area contributed by atoms with Crippen molar-refractivity contribution in [3.05, 3.63) is 59.4 Å². The Hall–Kier alpha value is -2.40. The van der Waals surface area contributed by atoms with E-state index in [0.29, 0.717) is 5.56 Å². The molecule has 1 N–H and O–H groups in total. The number of amides is 1. The predicted molar refractivity (Wildman–Crippen MR) is 104 cm³/mol. The molecule has 4 nitrogen and oxygen atoms in total. The molecule has 0 saturated carbocycles. The summed E-state index contributed by atoms with van der Waals surface area (Å²) < 4.78 is 13.2. The predicted octanol–water partition coefficient (Wildman–Crippen LogP) is 3.46. The van der Waals surface area contributed by atoms with Crippen LogP contribution in [0.1, 0.15) is 18.1 Å². The maximum absolute atomic E-state index is 13.2. The van der Waals surface area contributed by atoms with E-state index in [1.54, 1.807) is 12.1 Å². The number of nitrogens with zero attached hydrogens (tertiary/aromatic N) is 2. The zero-order valence-corrected chi connectivity index (χ0v) is 15.5. The van der Waals surface area contributed by atoms with Crippen molar-refractivity contribution < 1.29 is 9.18 Å². The molecule has 1 saturated heterocycles. The standard InChI is InChI=1S/C21H26FN3O/c1-3-24-9-11-25(12-10-24)19-7-8-20(16(2)13-19)23-21(26)15-17-5-4-6-18(22)14-17/h4-8,13-14H,3,9-12,15H2,1-2H3,(H,23,26). The van der Waals surface area contributed by atoms with Gasteiger partial charge in [-0.15, -0.1) is 0 Å². The van der Waals surface area contributed by atoms with Gasteiger partial charge < -0.3 is 15.1 Å². The van der Waals surface area contributed by atoms with Crippen molar-refractivity contribution in [3.63, 3.8) is 0 Å². The summed E-state index contributed by atoms with van der Waals surface area (Å²) in [7, 11) is 0. The fourth-order valence-corrected chi connectivity index (χ4v) is 3.33. The summed E-state index contributed by atoms with van der Waals surface area (Å²) in [5, 5.41) is 2.94. The Morgan fingerprint density at radius 1 is 1.12 bits per heavy atom. The number of halogens is 1. The third-order valence-corrected chi connectivity index (χ3v) is 4.92. The Labute approximate surface area is 154 Å². The monoisotopic (exact) mass is 355 g/mol. The van der Waals surface area contributed by atoms with Crippen LogP contribution in [0.5, 0.6) is 0 Å². The molecule has 0 aliphatic carbocycles. The SMILES string of the molecule is CCN1CCN(c2ccc(NC(=O)Cc3cccc(F)c3)c(C)c2)CC1. The van der Waals surface area contributed by atoms with E-state index in [1.165, 1.54) is 17.8 Å². The van der Waals surface area contributed by atoms with E-state index in [0.717, 1.165) is 44.0 Å². The average molecular weight is 355 g/mol. The number of rotatable bonds is 5. The van der Waals surface area contributed by atoms with Gasteiger partial charge >= 0.3 is 0 Å². The third-order valence-electron chi connectivity index (χ3n) is 4.92. The van der Waals surface area contributed by atoms with Crippen molar-refractivity contribution in [2.24, 2.45) is 0 Å². The van der Waals surface area contributed by atoms with Gasteiger partial charge in [0, 0.05) is 37.6 Å². The molecular formula is C21H26FN3O. The zero-order valence-electron chi connectivity index (χ0n) is 15.5. The number of anilines is 2. The molecule has 1 fully saturated rings. The van der Waals surface area contributed by atoms with Gasteiger partial charge in [-0.1, -0.05) is 19.1 Å². The lowest BCUT2D eigenvalue weighted by Gasteiger charge is -2.35. The molecule has 0 spiro atoms. The van der Waals surface area contributed by atoms with E-state index in [4.69, 9.17) is 0 Å². The molecule has 2 aromatic carbocycles. The Morgan fingerprint density at radius 3 is 2.54 bits per heavy atom. The minimum absolute atomic E-state index is 0.136. The van der Waals surface area contributed by atoms with Gasteiger partial charge in [-0.3, -0.25) is 4.79 Å². The minimum atomic E-state index is -0.320. The van der Waals surface area contributed by atoms with Crippen LogP contribution in [0.2, 0.25) is 0 Å². The quantitative estimate of drug-likeness (QED) is 0.892. The lowest BCUT2D eigenvalue weighted by molar-refractivity contribution is -0.115. The second kappa shape index (κ2) is 8.32. The number of aryl methyl sites for hydroxylation is 1. The highest BCUT2D eigenvalue weighted by molar-refractivity contribution is 5.93.